The third-order valence-corrected chi connectivity index (χ3v) is 5.34. The number of allylic oxidation sites excluding steroid dienone is 2. The zero-order valence-corrected chi connectivity index (χ0v) is 14.9. The number of halogens is 1. The second-order valence-electron chi connectivity index (χ2n) is 5.30. The molecule has 0 radical (unpaired) electrons. The van der Waals surface area contributed by atoms with Crippen LogP contribution in [0, 0.1) is 0 Å². The van der Waals surface area contributed by atoms with Crippen LogP contribution in [0.4, 0.5) is 0 Å². The molecule has 0 fully saturated rings. The summed E-state index contributed by atoms with van der Waals surface area (Å²) in [6.45, 7) is 0.702. The molecule has 24 heavy (non-hydrogen) atoms. The molecule has 1 aromatic heterocycles. The van der Waals surface area contributed by atoms with E-state index in [-0.39, 0.29) is 5.91 Å². The molecular weight excluding hydrogens is 386 g/mol. The molecular formula is C18H12BrN3OS. The molecule has 4 rings (SSSR count). The SMILES string of the molecule is O=C(N=C1N=C2C=CC=CN2Cc2ccccc21)c1ccc(Br)s1. The molecule has 1 amide bonds. The summed E-state index contributed by atoms with van der Waals surface area (Å²) < 4.78 is 0.908. The van der Waals surface area contributed by atoms with Crippen LogP contribution in [0.25, 0.3) is 0 Å². The van der Waals surface area contributed by atoms with Crippen LogP contribution >= 0.6 is 27.3 Å². The number of amides is 1. The molecule has 2 aliphatic rings. The summed E-state index contributed by atoms with van der Waals surface area (Å²) in [7, 11) is 0. The van der Waals surface area contributed by atoms with E-state index in [0.29, 0.717) is 17.3 Å². The first kappa shape index (κ1) is 15.2. The van der Waals surface area contributed by atoms with Gasteiger partial charge in [0.15, 0.2) is 5.84 Å². The molecule has 0 atom stereocenters. The fraction of sp³-hybridized carbons (Fsp3) is 0.0556. The Hall–Kier alpha value is -2.31. The molecule has 0 saturated heterocycles. The van der Waals surface area contributed by atoms with Crippen LogP contribution in [-0.4, -0.2) is 22.5 Å². The quantitative estimate of drug-likeness (QED) is 0.715. The molecule has 118 valence electrons. The number of thiophene rings is 1. The number of amidine groups is 2. The van der Waals surface area contributed by atoms with Crippen molar-refractivity contribution in [3.05, 3.63) is 80.6 Å². The normalized spacial score (nSPS) is 17.3. The Kier molecular flexibility index (Phi) is 4.00. The average Bonchev–Trinajstić information content (AvgIpc) is 2.96. The van der Waals surface area contributed by atoms with Crippen molar-refractivity contribution < 1.29 is 4.79 Å². The molecule has 3 heterocycles. The number of benzene rings is 1. The molecule has 0 unspecified atom stereocenters. The first-order valence-electron chi connectivity index (χ1n) is 7.37. The number of hydrogen-bond donors (Lipinski definition) is 0. The van der Waals surface area contributed by atoms with Crippen molar-refractivity contribution in [2.75, 3.05) is 0 Å². The van der Waals surface area contributed by atoms with Crippen LogP contribution in [0.5, 0.6) is 0 Å². The number of carbonyl (C=O) groups excluding carboxylic acids is 1. The van der Waals surface area contributed by atoms with Crippen LogP contribution in [0.1, 0.15) is 20.8 Å². The third kappa shape index (κ3) is 2.90. The van der Waals surface area contributed by atoms with Gasteiger partial charge in [0.2, 0.25) is 0 Å². The van der Waals surface area contributed by atoms with Crippen LogP contribution < -0.4 is 0 Å². The summed E-state index contributed by atoms with van der Waals surface area (Å²) in [5, 5.41) is 0. The Bertz CT molecular complexity index is 939. The summed E-state index contributed by atoms with van der Waals surface area (Å²) in [6.07, 6.45) is 7.81. The van der Waals surface area contributed by atoms with Crippen LogP contribution in [0.15, 0.2) is 74.6 Å². The molecule has 6 heteroatoms. The van der Waals surface area contributed by atoms with Gasteiger partial charge in [-0.15, -0.1) is 11.3 Å². The van der Waals surface area contributed by atoms with Gasteiger partial charge in [-0.2, -0.15) is 4.99 Å². The van der Waals surface area contributed by atoms with Gasteiger partial charge in [0.05, 0.1) is 8.66 Å². The van der Waals surface area contributed by atoms with Crippen molar-refractivity contribution in [1.82, 2.24) is 4.90 Å². The van der Waals surface area contributed by atoms with Crippen molar-refractivity contribution in [2.45, 2.75) is 6.54 Å². The summed E-state index contributed by atoms with van der Waals surface area (Å²) in [4.78, 5) is 24.1. The Morgan fingerprint density at radius 1 is 1.21 bits per heavy atom. The maximum Gasteiger partial charge on any atom is 0.289 e. The number of rotatable bonds is 1. The molecule has 0 bridgehead atoms. The van der Waals surface area contributed by atoms with E-state index in [9.17, 15) is 4.79 Å². The first-order valence-corrected chi connectivity index (χ1v) is 8.98. The highest BCUT2D eigenvalue weighted by molar-refractivity contribution is 9.11. The molecule has 0 saturated carbocycles. The molecule has 4 nitrogen and oxygen atoms in total. The van der Waals surface area contributed by atoms with Crippen molar-refractivity contribution in [3.63, 3.8) is 0 Å². The Labute approximate surface area is 151 Å². The minimum absolute atomic E-state index is 0.274. The fourth-order valence-electron chi connectivity index (χ4n) is 2.60. The van der Waals surface area contributed by atoms with Gasteiger partial charge < -0.3 is 4.90 Å². The molecule has 0 N–H and O–H groups in total. The highest BCUT2D eigenvalue weighted by Crippen LogP contribution is 2.24. The number of fused-ring (bicyclic) bond motifs is 2. The lowest BCUT2D eigenvalue weighted by atomic mass is 10.1. The van der Waals surface area contributed by atoms with Gasteiger partial charge >= 0.3 is 0 Å². The number of nitrogens with zero attached hydrogens (tertiary/aromatic N) is 3. The summed E-state index contributed by atoms with van der Waals surface area (Å²) in [5.41, 5.74) is 1.99. The summed E-state index contributed by atoms with van der Waals surface area (Å²) in [6, 6.07) is 11.6. The predicted octanol–water partition coefficient (Wildman–Crippen LogP) is 4.40. The molecule has 1 aromatic carbocycles. The van der Waals surface area contributed by atoms with E-state index >= 15 is 0 Å². The lowest BCUT2D eigenvalue weighted by Crippen LogP contribution is -2.24. The number of aliphatic imine (C=N–C) groups is 2. The third-order valence-electron chi connectivity index (χ3n) is 3.73. The van der Waals surface area contributed by atoms with Gasteiger partial charge in [-0.25, -0.2) is 4.99 Å². The smallest absolute Gasteiger partial charge is 0.289 e. The maximum atomic E-state index is 12.5. The average molecular weight is 398 g/mol. The standard InChI is InChI=1S/C18H12BrN3OS/c19-15-9-8-14(24-15)18(23)21-17-13-6-2-1-5-12(13)11-22-10-4-3-7-16(22)20-17/h1-10H,11H2. The second kappa shape index (κ2) is 6.30. The maximum absolute atomic E-state index is 12.5. The van der Waals surface area contributed by atoms with E-state index < -0.39 is 0 Å². The number of carbonyl (C=O) groups is 1. The van der Waals surface area contributed by atoms with Crippen molar-refractivity contribution in [1.29, 1.82) is 0 Å². The van der Waals surface area contributed by atoms with Crippen LogP contribution in [0.2, 0.25) is 0 Å². The van der Waals surface area contributed by atoms with E-state index in [4.69, 9.17) is 0 Å². The van der Waals surface area contributed by atoms with Gasteiger partial charge in [0.1, 0.15) is 5.84 Å². The topological polar surface area (TPSA) is 45.0 Å². The zero-order chi connectivity index (χ0) is 16.5. The largest absolute Gasteiger partial charge is 0.329 e. The predicted molar refractivity (Wildman–Crippen MR) is 101 cm³/mol. The lowest BCUT2D eigenvalue weighted by Gasteiger charge is -2.20. The molecule has 2 aliphatic heterocycles. The van der Waals surface area contributed by atoms with Crippen molar-refractivity contribution in [3.8, 4) is 0 Å². The molecule has 0 spiro atoms. The van der Waals surface area contributed by atoms with Crippen LogP contribution in [-0.2, 0) is 6.54 Å². The van der Waals surface area contributed by atoms with E-state index in [2.05, 4.69) is 25.9 Å². The highest BCUT2D eigenvalue weighted by atomic mass is 79.9. The van der Waals surface area contributed by atoms with Gasteiger partial charge in [0.25, 0.3) is 5.91 Å². The minimum Gasteiger partial charge on any atom is -0.329 e. The van der Waals surface area contributed by atoms with E-state index in [1.807, 2.05) is 59.7 Å². The van der Waals surface area contributed by atoms with E-state index in [1.54, 1.807) is 6.07 Å². The van der Waals surface area contributed by atoms with Crippen LogP contribution in [0.3, 0.4) is 0 Å². The van der Waals surface area contributed by atoms with E-state index in [1.165, 1.54) is 11.3 Å². The van der Waals surface area contributed by atoms with Gasteiger partial charge in [-0.05, 0) is 45.8 Å². The monoisotopic (exact) mass is 397 g/mol. The minimum atomic E-state index is -0.274. The Morgan fingerprint density at radius 3 is 2.92 bits per heavy atom. The Morgan fingerprint density at radius 2 is 2.08 bits per heavy atom. The molecule has 0 aliphatic carbocycles. The second-order valence-corrected chi connectivity index (χ2v) is 7.76. The van der Waals surface area contributed by atoms with E-state index in [0.717, 1.165) is 20.7 Å². The van der Waals surface area contributed by atoms with Gasteiger partial charge in [-0.1, -0.05) is 30.3 Å². The molecule has 2 aromatic rings. The van der Waals surface area contributed by atoms with Gasteiger partial charge in [-0.3, -0.25) is 4.79 Å². The summed E-state index contributed by atoms with van der Waals surface area (Å²) in [5.74, 6) is 0.966. The van der Waals surface area contributed by atoms with Crippen molar-refractivity contribution in [2.24, 2.45) is 9.98 Å². The zero-order valence-electron chi connectivity index (χ0n) is 12.5. The lowest BCUT2D eigenvalue weighted by molar-refractivity contribution is 0.101. The highest BCUT2D eigenvalue weighted by Gasteiger charge is 2.21. The first-order chi connectivity index (χ1) is 11.7. The number of hydrogen-bond acceptors (Lipinski definition) is 3. The van der Waals surface area contributed by atoms with Gasteiger partial charge in [0, 0.05) is 18.3 Å². The summed E-state index contributed by atoms with van der Waals surface area (Å²) >= 11 is 4.75. The Balaban J connectivity index is 1.82. The fourth-order valence-corrected chi connectivity index (χ4v) is 3.87. The van der Waals surface area contributed by atoms with Crippen molar-refractivity contribution >= 4 is 44.8 Å².